The highest BCUT2D eigenvalue weighted by Crippen LogP contribution is 2.22. The first-order valence-electron chi connectivity index (χ1n) is 8.68. The molecule has 0 bridgehead atoms. The molecule has 0 spiro atoms. The number of carboxylic acids is 1. The van der Waals surface area contributed by atoms with Gasteiger partial charge < -0.3 is 14.7 Å². The number of rotatable bonds is 8. The monoisotopic (exact) mass is 333 g/mol. The van der Waals surface area contributed by atoms with E-state index in [0.29, 0.717) is 45.6 Å². The molecule has 1 aromatic carbocycles. The number of ether oxygens (including phenoxy) is 1. The van der Waals surface area contributed by atoms with Crippen molar-refractivity contribution in [1.29, 1.82) is 0 Å². The van der Waals surface area contributed by atoms with Crippen molar-refractivity contribution in [1.82, 2.24) is 4.90 Å². The number of amides is 1. The van der Waals surface area contributed by atoms with E-state index in [-0.39, 0.29) is 11.8 Å². The number of likely N-dealkylation sites (tertiary alicyclic amines) is 1. The fourth-order valence-corrected chi connectivity index (χ4v) is 3.15. The van der Waals surface area contributed by atoms with Crippen LogP contribution in [-0.4, -0.2) is 48.2 Å². The van der Waals surface area contributed by atoms with Crippen molar-refractivity contribution >= 4 is 11.9 Å². The highest BCUT2D eigenvalue weighted by molar-refractivity contribution is 5.78. The summed E-state index contributed by atoms with van der Waals surface area (Å²) in [6.07, 6.45) is 2.63. The molecule has 0 aromatic heterocycles. The summed E-state index contributed by atoms with van der Waals surface area (Å²) in [4.78, 5) is 25.1. The minimum absolute atomic E-state index is 0.0412. The molecule has 0 aliphatic carbocycles. The SMILES string of the molecule is CC1CC(C(=O)O)CN(C(=O)CCCOCCc2ccccc2)C1. The third kappa shape index (κ3) is 5.96. The molecule has 1 aliphatic heterocycles. The lowest BCUT2D eigenvalue weighted by Crippen LogP contribution is -2.45. The number of carbonyl (C=O) groups excluding carboxylic acids is 1. The van der Waals surface area contributed by atoms with E-state index in [4.69, 9.17) is 9.84 Å². The summed E-state index contributed by atoms with van der Waals surface area (Å²) in [5.74, 6) is -0.950. The first-order chi connectivity index (χ1) is 11.6. The Morgan fingerprint density at radius 1 is 1.21 bits per heavy atom. The Hall–Kier alpha value is -1.88. The van der Waals surface area contributed by atoms with Crippen LogP contribution in [0.4, 0.5) is 0 Å². The molecule has 2 atom stereocenters. The quantitative estimate of drug-likeness (QED) is 0.743. The summed E-state index contributed by atoms with van der Waals surface area (Å²) in [7, 11) is 0. The zero-order chi connectivity index (χ0) is 17.4. The third-order valence-corrected chi connectivity index (χ3v) is 4.42. The molecule has 24 heavy (non-hydrogen) atoms. The van der Waals surface area contributed by atoms with E-state index in [9.17, 15) is 9.59 Å². The van der Waals surface area contributed by atoms with Crippen molar-refractivity contribution in [3.63, 3.8) is 0 Å². The molecule has 0 saturated carbocycles. The number of aliphatic carboxylic acids is 1. The van der Waals surface area contributed by atoms with Crippen LogP contribution >= 0.6 is 0 Å². The van der Waals surface area contributed by atoms with Crippen molar-refractivity contribution < 1.29 is 19.4 Å². The molecule has 2 rings (SSSR count). The second-order valence-corrected chi connectivity index (χ2v) is 6.63. The second-order valence-electron chi connectivity index (χ2n) is 6.63. The van der Waals surface area contributed by atoms with E-state index in [0.717, 1.165) is 6.42 Å². The van der Waals surface area contributed by atoms with Gasteiger partial charge in [0.2, 0.25) is 5.91 Å². The number of carbonyl (C=O) groups is 2. The summed E-state index contributed by atoms with van der Waals surface area (Å²) < 4.78 is 5.59. The van der Waals surface area contributed by atoms with Gasteiger partial charge in [-0.3, -0.25) is 9.59 Å². The van der Waals surface area contributed by atoms with Crippen LogP contribution in [0.3, 0.4) is 0 Å². The van der Waals surface area contributed by atoms with Crippen LogP contribution in [0.15, 0.2) is 30.3 Å². The van der Waals surface area contributed by atoms with E-state index >= 15 is 0 Å². The minimum atomic E-state index is -0.802. The summed E-state index contributed by atoms with van der Waals surface area (Å²) in [5, 5.41) is 9.16. The number of carboxylic acid groups (broad SMARTS) is 1. The highest BCUT2D eigenvalue weighted by atomic mass is 16.5. The van der Waals surface area contributed by atoms with E-state index in [1.807, 2.05) is 25.1 Å². The lowest BCUT2D eigenvalue weighted by atomic mass is 9.90. The van der Waals surface area contributed by atoms with Gasteiger partial charge in [-0.05, 0) is 30.7 Å². The van der Waals surface area contributed by atoms with E-state index in [1.165, 1.54) is 5.56 Å². The fraction of sp³-hybridized carbons (Fsp3) is 0.579. The average molecular weight is 333 g/mol. The number of hydrogen-bond acceptors (Lipinski definition) is 3. The Bertz CT molecular complexity index is 531. The van der Waals surface area contributed by atoms with Crippen molar-refractivity contribution in [2.45, 2.75) is 32.6 Å². The summed E-state index contributed by atoms with van der Waals surface area (Å²) >= 11 is 0. The fourth-order valence-electron chi connectivity index (χ4n) is 3.15. The van der Waals surface area contributed by atoms with Gasteiger partial charge in [0.25, 0.3) is 0 Å². The van der Waals surface area contributed by atoms with Crippen LogP contribution in [-0.2, 0) is 20.7 Å². The van der Waals surface area contributed by atoms with Gasteiger partial charge in [0.05, 0.1) is 12.5 Å². The first-order valence-corrected chi connectivity index (χ1v) is 8.68. The zero-order valence-corrected chi connectivity index (χ0v) is 14.3. The van der Waals surface area contributed by atoms with Crippen molar-refractivity contribution in [3.05, 3.63) is 35.9 Å². The van der Waals surface area contributed by atoms with Crippen LogP contribution in [0.5, 0.6) is 0 Å². The van der Waals surface area contributed by atoms with Gasteiger partial charge in [0.1, 0.15) is 0 Å². The molecule has 1 fully saturated rings. The predicted octanol–water partition coefficient (Wildman–Crippen LogP) is 2.60. The van der Waals surface area contributed by atoms with Crippen LogP contribution in [0.25, 0.3) is 0 Å². The van der Waals surface area contributed by atoms with E-state index < -0.39 is 11.9 Å². The maximum Gasteiger partial charge on any atom is 0.308 e. The third-order valence-electron chi connectivity index (χ3n) is 4.42. The molecule has 5 nitrogen and oxygen atoms in total. The zero-order valence-electron chi connectivity index (χ0n) is 14.3. The smallest absolute Gasteiger partial charge is 0.308 e. The van der Waals surface area contributed by atoms with Gasteiger partial charge in [-0.2, -0.15) is 0 Å². The average Bonchev–Trinajstić information content (AvgIpc) is 2.58. The lowest BCUT2D eigenvalue weighted by Gasteiger charge is -2.34. The summed E-state index contributed by atoms with van der Waals surface area (Å²) in [6.45, 7) is 4.22. The maximum absolute atomic E-state index is 12.2. The van der Waals surface area contributed by atoms with Crippen molar-refractivity contribution in [2.24, 2.45) is 11.8 Å². The number of nitrogens with zero attached hydrogens (tertiary/aromatic N) is 1. The summed E-state index contributed by atoms with van der Waals surface area (Å²) in [6, 6.07) is 10.2. The van der Waals surface area contributed by atoms with E-state index in [2.05, 4.69) is 12.1 Å². The molecule has 0 radical (unpaired) electrons. The van der Waals surface area contributed by atoms with Crippen LogP contribution in [0.2, 0.25) is 0 Å². The van der Waals surface area contributed by atoms with Crippen LogP contribution < -0.4 is 0 Å². The van der Waals surface area contributed by atoms with Crippen LogP contribution in [0.1, 0.15) is 31.7 Å². The molecule has 1 saturated heterocycles. The Morgan fingerprint density at radius 3 is 2.67 bits per heavy atom. The maximum atomic E-state index is 12.2. The first kappa shape index (κ1) is 18.5. The lowest BCUT2D eigenvalue weighted by molar-refractivity contribution is -0.147. The number of hydrogen-bond donors (Lipinski definition) is 1. The van der Waals surface area contributed by atoms with Crippen molar-refractivity contribution in [3.8, 4) is 0 Å². The Morgan fingerprint density at radius 2 is 1.96 bits per heavy atom. The Labute approximate surface area is 143 Å². The van der Waals surface area contributed by atoms with Gasteiger partial charge in [-0.15, -0.1) is 0 Å². The van der Waals surface area contributed by atoms with Gasteiger partial charge in [0.15, 0.2) is 0 Å². The minimum Gasteiger partial charge on any atom is -0.481 e. The molecule has 1 amide bonds. The number of piperidine rings is 1. The molecule has 1 aromatic rings. The molecular formula is C19H27NO4. The summed E-state index contributed by atoms with van der Waals surface area (Å²) in [5.41, 5.74) is 1.25. The molecule has 132 valence electrons. The Balaban J connectivity index is 1.61. The molecule has 1 heterocycles. The molecule has 1 N–H and O–H groups in total. The van der Waals surface area contributed by atoms with Gasteiger partial charge in [0, 0.05) is 26.1 Å². The topological polar surface area (TPSA) is 66.8 Å². The standard InChI is InChI=1S/C19H27NO4/c1-15-12-17(19(22)23)14-20(13-15)18(21)8-5-10-24-11-9-16-6-3-2-4-7-16/h2-4,6-7,15,17H,5,8-14H2,1H3,(H,22,23). The van der Waals surface area contributed by atoms with E-state index in [1.54, 1.807) is 4.90 Å². The normalized spacial score (nSPS) is 20.8. The van der Waals surface area contributed by atoms with Crippen LogP contribution in [0, 0.1) is 11.8 Å². The van der Waals surface area contributed by atoms with Gasteiger partial charge in [-0.25, -0.2) is 0 Å². The molecule has 1 aliphatic rings. The number of benzene rings is 1. The van der Waals surface area contributed by atoms with Gasteiger partial charge >= 0.3 is 5.97 Å². The molecular weight excluding hydrogens is 306 g/mol. The highest BCUT2D eigenvalue weighted by Gasteiger charge is 2.31. The second kappa shape index (κ2) is 9.42. The largest absolute Gasteiger partial charge is 0.481 e. The molecule has 5 heteroatoms. The molecule has 2 unspecified atom stereocenters. The van der Waals surface area contributed by atoms with Crippen molar-refractivity contribution in [2.75, 3.05) is 26.3 Å². The predicted molar refractivity (Wildman–Crippen MR) is 91.7 cm³/mol. The Kier molecular flexibility index (Phi) is 7.25. The van der Waals surface area contributed by atoms with Gasteiger partial charge in [-0.1, -0.05) is 37.3 Å².